The van der Waals surface area contributed by atoms with Crippen LogP contribution in [0.1, 0.15) is 22.4 Å². The molecule has 0 atom stereocenters. The van der Waals surface area contributed by atoms with E-state index in [2.05, 4.69) is 99.8 Å². The highest BCUT2D eigenvalue weighted by atomic mass is 32.1. The van der Waals surface area contributed by atoms with Crippen LogP contribution in [0.2, 0.25) is 0 Å². The van der Waals surface area contributed by atoms with Gasteiger partial charge >= 0.3 is 0 Å². The van der Waals surface area contributed by atoms with Gasteiger partial charge in [0.2, 0.25) is 0 Å². The lowest BCUT2D eigenvalue weighted by atomic mass is 9.68. The van der Waals surface area contributed by atoms with E-state index in [-0.39, 0.29) is 5.41 Å². The molecule has 0 aliphatic heterocycles. The average molecular weight is 354 g/mol. The molecule has 0 saturated carbocycles. The minimum absolute atomic E-state index is 0.173. The molecule has 2 aromatic heterocycles. The Bertz CT molecular complexity index is 1000. The van der Waals surface area contributed by atoms with Gasteiger partial charge in [-0.25, -0.2) is 0 Å². The zero-order valence-corrected chi connectivity index (χ0v) is 15.0. The molecule has 0 amide bonds. The molecule has 0 fully saturated rings. The van der Waals surface area contributed by atoms with E-state index in [4.69, 9.17) is 0 Å². The molecule has 0 saturated heterocycles. The summed E-state index contributed by atoms with van der Waals surface area (Å²) in [4.78, 5) is 0. The van der Waals surface area contributed by atoms with Crippen molar-refractivity contribution in [1.29, 1.82) is 0 Å². The highest BCUT2D eigenvalue weighted by molar-refractivity contribution is 7.08. The summed E-state index contributed by atoms with van der Waals surface area (Å²) < 4.78 is 0. The SMILES string of the molecule is C1=CC(c2ccccc2)(c2ccccc2)Cc2[nH]nc(-c3ccsc3)c21. The van der Waals surface area contributed by atoms with E-state index in [0.29, 0.717) is 0 Å². The number of rotatable bonds is 3. The van der Waals surface area contributed by atoms with Gasteiger partial charge in [0.15, 0.2) is 0 Å². The maximum Gasteiger partial charge on any atom is 0.100 e. The van der Waals surface area contributed by atoms with Crippen LogP contribution in [0.3, 0.4) is 0 Å². The number of aromatic amines is 1. The third kappa shape index (κ3) is 2.36. The molecule has 0 radical (unpaired) electrons. The highest BCUT2D eigenvalue weighted by Gasteiger charge is 2.36. The van der Waals surface area contributed by atoms with E-state index < -0.39 is 0 Å². The summed E-state index contributed by atoms with van der Waals surface area (Å²) in [5.74, 6) is 0. The van der Waals surface area contributed by atoms with Gasteiger partial charge in [0.05, 0.1) is 0 Å². The van der Waals surface area contributed by atoms with Crippen molar-refractivity contribution in [2.75, 3.05) is 0 Å². The van der Waals surface area contributed by atoms with Crippen molar-refractivity contribution in [1.82, 2.24) is 10.2 Å². The predicted molar refractivity (Wildman–Crippen MR) is 108 cm³/mol. The van der Waals surface area contributed by atoms with Crippen LogP contribution in [0, 0.1) is 0 Å². The molecule has 3 heteroatoms. The van der Waals surface area contributed by atoms with Gasteiger partial charge in [-0.15, -0.1) is 0 Å². The van der Waals surface area contributed by atoms with E-state index in [0.717, 1.165) is 12.1 Å². The van der Waals surface area contributed by atoms with Crippen molar-refractivity contribution in [3.63, 3.8) is 0 Å². The van der Waals surface area contributed by atoms with Gasteiger partial charge in [0.1, 0.15) is 5.69 Å². The monoisotopic (exact) mass is 354 g/mol. The van der Waals surface area contributed by atoms with Crippen LogP contribution >= 0.6 is 11.3 Å². The standard InChI is InChI=1S/C23H18N2S/c1-3-7-18(8-4-1)23(19-9-5-2-6-10-19)13-11-20-21(15-23)24-25-22(20)17-12-14-26-16-17/h1-14,16H,15H2,(H,24,25). The van der Waals surface area contributed by atoms with Crippen LogP contribution < -0.4 is 0 Å². The van der Waals surface area contributed by atoms with Crippen LogP contribution in [0.5, 0.6) is 0 Å². The number of fused-ring (bicyclic) bond motifs is 1. The normalized spacial score (nSPS) is 14.9. The fraction of sp³-hybridized carbons (Fsp3) is 0.0870. The molecule has 1 N–H and O–H groups in total. The molecule has 2 nitrogen and oxygen atoms in total. The molecule has 5 rings (SSSR count). The molecule has 0 unspecified atom stereocenters. The number of allylic oxidation sites excluding steroid dienone is 1. The first-order chi connectivity index (χ1) is 12.9. The molecule has 0 spiro atoms. The molecule has 1 aliphatic rings. The minimum Gasteiger partial charge on any atom is -0.281 e. The second kappa shape index (κ2) is 6.11. The second-order valence-corrected chi connectivity index (χ2v) is 7.47. The van der Waals surface area contributed by atoms with Crippen LogP contribution in [-0.4, -0.2) is 10.2 Å². The van der Waals surface area contributed by atoms with E-state index in [1.54, 1.807) is 11.3 Å². The Balaban J connectivity index is 1.67. The largest absolute Gasteiger partial charge is 0.281 e. The summed E-state index contributed by atoms with van der Waals surface area (Å²) in [6.45, 7) is 0. The molecule has 4 aromatic rings. The Hall–Kier alpha value is -2.91. The first-order valence-corrected chi connectivity index (χ1v) is 9.71. The van der Waals surface area contributed by atoms with E-state index >= 15 is 0 Å². The molecule has 0 bridgehead atoms. The minimum atomic E-state index is -0.173. The van der Waals surface area contributed by atoms with Gasteiger partial charge in [-0.3, -0.25) is 5.10 Å². The van der Waals surface area contributed by atoms with Gasteiger partial charge in [0.25, 0.3) is 0 Å². The highest BCUT2D eigenvalue weighted by Crippen LogP contribution is 2.42. The predicted octanol–water partition coefficient (Wildman–Crippen LogP) is 5.69. The van der Waals surface area contributed by atoms with Gasteiger partial charge in [-0.1, -0.05) is 72.8 Å². The summed E-state index contributed by atoms with van der Waals surface area (Å²) in [6, 6.07) is 23.6. The lowest BCUT2D eigenvalue weighted by Gasteiger charge is -2.34. The van der Waals surface area contributed by atoms with Crippen LogP contribution in [0.15, 0.2) is 83.6 Å². The van der Waals surface area contributed by atoms with Crippen molar-refractivity contribution >= 4 is 17.4 Å². The van der Waals surface area contributed by atoms with Gasteiger partial charge < -0.3 is 0 Å². The Kier molecular flexibility index (Phi) is 3.61. The third-order valence-electron chi connectivity index (χ3n) is 5.25. The third-order valence-corrected chi connectivity index (χ3v) is 5.93. The first-order valence-electron chi connectivity index (χ1n) is 8.77. The number of thiophene rings is 1. The summed E-state index contributed by atoms with van der Waals surface area (Å²) in [5.41, 5.74) is 7.08. The smallest absolute Gasteiger partial charge is 0.100 e. The molecule has 26 heavy (non-hydrogen) atoms. The fourth-order valence-electron chi connectivity index (χ4n) is 3.92. The molecular formula is C23H18N2S. The molecule has 2 heterocycles. The number of aromatic nitrogens is 2. The van der Waals surface area contributed by atoms with Crippen molar-refractivity contribution in [3.8, 4) is 11.3 Å². The summed E-state index contributed by atoms with van der Waals surface area (Å²) >= 11 is 1.70. The number of nitrogens with zero attached hydrogens (tertiary/aromatic N) is 1. The molecule has 126 valence electrons. The molecule has 1 aliphatic carbocycles. The molecular weight excluding hydrogens is 336 g/mol. The number of benzene rings is 2. The van der Waals surface area contributed by atoms with E-state index in [1.165, 1.54) is 27.9 Å². The van der Waals surface area contributed by atoms with E-state index in [9.17, 15) is 0 Å². The number of H-pyrrole nitrogens is 1. The Labute approximate surface area is 156 Å². The van der Waals surface area contributed by atoms with Crippen molar-refractivity contribution in [2.24, 2.45) is 0 Å². The molecule has 2 aromatic carbocycles. The van der Waals surface area contributed by atoms with Gasteiger partial charge in [-0.05, 0) is 22.6 Å². The van der Waals surface area contributed by atoms with Crippen molar-refractivity contribution < 1.29 is 0 Å². The fourth-order valence-corrected chi connectivity index (χ4v) is 4.56. The van der Waals surface area contributed by atoms with Crippen molar-refractivity contribution in [2.45, 2.75) is 11.8 Å². The van der Waals surface area contributed by atoms with Crippen LogP contribution in [0.4, 0.5) is 0 Å². The topological polar surface area (TPSA) is 28.7 Å². The lowest BCUT2D eigenvalue weighted by Crippen LogP contribution is -2.30. The first kappa shape index (κ1) is 15.4. The number of nitrogens with one attached hydrogen (secondary N) is 1. The maximum atomic E-state index is 4.62. The second-order valence-electron chi connectivity index (χ2n) is 6.69. The van der Waals surface area contributed by atoms with Crippen LogP contribution in [-0.2, 0) is 11.8 Å². The number of hydrogen-bond acceptors (Lipinski definition) is 2. The zero-order chi connectivity index (χ0) is 17.4. The average Bonchev–Trinajstić information content (AvgIpc) is 3.38. The van der Waals surface area contributed by atoms with E-state index in [1.807, 2.05) is 0 Å². The zero-order valence-electron chi connectivity index (χ0n) is 14.2. The Morgan fingerprint density at radius 3 is 2.19 bits per heavy atom. The maximum absolute atomic E-state index is 4.62. The van der Waals surface area contributed by atoms with Crippen LogP contribution in [0.25, 0.3) is 17.3 Å². The lowest BCUT2D eigenvalue weighted by molar-refractivity contribution is 0.620. The van der Waals surface area contributed by atoms with Gasteiger partial charge in [-0.2, -0.15) is 16.4 Å². The summed E-state index contributed by atoms with van der Waals surface area (Å²) in [5, 5.41) is 12.2. The Morgan fingerprint density at radius 2 is 1.58 bits per heavy atom. The summed E-state index contributed by atoms with van der Waals surface area (Å²) in [6.07, 6.45) is 5.48. The van der Waals surface area contributed by atoms with Gasteiger partial charge in [0, 0.05) is 34.0 Å². The summed E-state index contributed by atoms with van der Waals surface area (Å²) in [7, 11) is 0. The quantitative estimate of drug-likeness (QED) is 0.503. The number of hydrogen-bond donors (Lipinski definition) is 1. The Morgan fingerprint density at radius 1 is 0.885 bits per heavy atom. The van der Waals surface area contributed by atoms with Crippen molar-refractivity contribution in [3.05, 3.63) is 106 Å².